The number of hydrogen-bond acceptors (Lipinski definition) is 5. The first-order valence-electron chi connectivity index (χ1n) is 13.4. The summed E-state index contributed by atoms with van der Waals surface area (Å²) in [5.74, 6) is 0.125. The molecule has 1 unspecified atom stereocenters. The van der Waals surface area contributed by atoms with Gasteiger partial charge in [-0.15, -0.1) is 0 Å². The van der Waals surface area contributed by atoms with Gasteiger partial charge in [0.05, 0.1) is 29.2 Å². The van der Waals surface area contributed by atoms with Gasteiger partial charge in [-0.3, -0.25) is 4.79 Å². The zero-order valence-electron chi connectivity index (χ0n) is 22.2. The summed E-state index contributed by atoms with van der Waals surface area (Å²) < 4.78 is 25.5. The van der Waals surface area contributed by atoms with Crippen molar-refractivity contribution < 1.29 is 18.7 Å². The van der Waals surface area contributed by atoms with Crippen molar-refractivity contribution in [2.24, 2.45) is 0 Å². The maximum Gasteiger partial charge on any atom is 0.252 e. The molecule has 7 rings (SSSR count). The molecular formula is C32H26FN5O3. The van der Waals surface area contributed by atoms with Crippen molar-refractivity contribution in [1.82, 2.24) is 25.3 Å². The minimum atomic E-state index is -0.454. The van der Waals surface area contributed by atoms with Gasteiger partial charge in [-0.05, 0) is 34.4 Å². The fourth-order valence-electron chi connectivity index (χ4n) is 5.61. The third kappa shape index (κ3) is 4.31. The number of halogens is 1. The first-order chi connectivity index (χ1) is 20.1. The van der Waals surface area contributed by atoms with Crippen molar-refractivity contribution in [3.63, 3.8) is 0 Å². The van der Waals surface area contributed by atoms with Crippen LogP contribution in [0.4, 0.5) is 4.39 Å². The molecule has 0 bridgehead atoms. The number of H-pyrrole nitrogens is 2. The summed E-state index contributed by atoms with van der Waals surface area (Å²) >= 11 is 0. The number of pyridine rings is 1. The molecule has 204 valence electrons. The van der Waals surface area contributed by atoms with Crippen LogP contribution < -0.4 is 10.1 Å². The lowest BCUT2D eigenvalue weighted by atomic mass is 9.98. The van der Waals surface area contributed by atoms with E-state index >= 15 is 0 Å². The molecule has 3 N–H and O–H groups in total. The highest BCUT2D eigenvalue weighted by Gasteiger charge is 2.32. The van der Waals surface area contributed by atoms with Crippen molar-refractivity contribution in [2.75, 3.05) is 20.3 Å². The van der Waals surface area contributed by atoms with Gasteiger partial charge in [0.25, 0.3) is 5.91 Å². The number of carbonyl (C=O) groups is 1. The zero-order chi connectivity index (χ0) is 27.9. The highest BCUT2D eigenvalue weighted by Crippen LogP contribution is 2.48. The monoisotopic (exact) mass is 547 g/mol. The first-order valence-corrected chi connectivity index (χ1v) is 13.4. The number of aromatic amines is 2. The number of methoxy groups -OCH3 is 1. The van der Waals surface area contributed by atoms with E-state index in [1.807, 2.05) is 42.5 Å². The number of nitrogens with zero attached hydrogens (tertiary/aromatic N) is 2. The van der Waals surface area contributed by atoms with Gasteiger partial charge in [0, 0.05) is 55.6 Å². The SMILES string of the molecule is COCCCOc1cc2nc(-c3cccc4c3-c3ccccc3C4NC(=O)c3ccnc4[nH]ccc34)[nH]c2cc1F. The van der Waals surface area contributed by atoms with Crippen LogP contribution in [0.5, 0.6) is 5.75 Å². The molecule has 0 saturated heterocycles. The number of fused-ring (bicyclic) bond motifs is 5. The maximum atomic E-state index is 14.8. The summed E-state index contributed by atoms with van der Waals surface area (Å²) in [4.78, 5) is 29.0. The smallest absolute Gasteiger partial charge is 0.252 e. The first kappa shape index (κ1) is 25.0. The van der Waals surface area contributed by atoms with Crippen LogP contribution >= 0.6 is 0 Å². The summed E-state index contributed by atoms with van der Waals surface area (Å²) in [7, 11) is 1.62. The lowest BCUT2D eigenvalue weighted by molar-refractivity contribution is 0.0945. The van der Waals surface area contributed by atoms with Crippen LogP contribution in [0.1, 0.15) is 33.9 Å². The number of benzene rings is 3. The van der Waals surface area contributed by atoms with Crippen molar-refractivity contribution in [3.8, 4) is 28.3 Å². The van der Waals surface area contributed by atoms with Gasteiger partial charge < -0.3 is 24.8 Å². The maximum absolute atomic E-state index is 14.8. The van der Waals surface area contributed by atoms with Gasteiger partial charge in [0.1, 0.15) is 11.5 Å². The van der Waals surface area contributed by atoms with Gasteiger partial charge in [-0.2, -0.15) is 0 Å². The molecule has 0 aliphatic heterocycles. The number of carbonyl (C=O) groups excluding carboxylic acids is 1. The average Bonchev–Trinajstić information content (AvgIpc) is 3.71. The van der Waals surface area contributed by atoms with Gasteiger partial charge in [-0.25, -0.2) is 14.4 Å². The molecule has 0 radical (unpaired) electrons. The van der Waals surface area contributed by atoms with Crippen LogP contribution in [0, 0.1) is 5.82 Å². The van der Waals surface area contributed by atoms with E-state index in [1.54, 1.807) is 31.6 Å². The van der Waals surface area contributed by atoms with Crippen LogP contribution in [0.2, 0.25) is 0 Å². The second-order valence-corrected chi connectivity index (χ2v) is 9.94. The van der Waals surface area contributed by atoms with Crippen LogP contribution in [0.25, 0.3) is 44.6 Å². The third-order valence-electron chi connectivity index (χ3n) is 7.47. The fourth-order valence-corrected chi connectivity index (χ4v) is 5.61. The average molecular weight is 548 g/mol. The Morgan fingerprint density at radius 3 is 2.78 bits per heavy atom. The van der Waals surface area contributed by atoms with Crippen molar-refractivity contribution >= 4 is 28.0 Å². The Labute approximate surface area is 234 Å². The summed E-state index contributed by atoms with van der Waals surface area (Å²) in [6, 6.07) is 20.3. The molecule has 1 aliphatic carbocycles. The predicted octanol–water partition coefficient (Wildman–Crippen LogP) is 6.16. The van der Waals surface area contributed by atoms with E-state index < -0.39 is 5.82 Å². The van der Waals surface area contributed by atoms with Crippen molar-refractivity contribution in [1.29, 1.82) is 0 Å². The van der Waals surface area contributed by atoms with Gasteiger partial charge in [0.15, 0.2) is 11.6 Å². The van der Waals surface area contributed by atoms with E-state index in [0.717, 1.165) is 33.2 Å². The number of ether oxygens (including phenoxy) is 2. The van der Waals surface area contributed by atoms with Crippen LogP contribution in [-0.2, 0) is 4.74 Å². The highest BCUT2D eigenvalue weighted by atomic mass is 19.1. The molecule has 9 heteroatoms. The molecule has 0 spiro atoms. The molecule has 1 atom stereocenters. The number of imidazole rings is 1. The molecule has 3 aromatic heterocycles. The van der Waals surface area contributed by atoms with Crippen molar-refractivity contribution in [3.05, 3.63) is 102 Å². The summed E-state index contributed by atoms with van der Waals surface area (Å²) in [5.41, 5.74) is 7.21. The lowest BCUT2D eigenvalue weighted by Crippen LogP contribution is -2.28. The largest absolute Gasteiger partial charge is 0.490 e. The van der Waals surface area contributed by atoms with E-state index in [1.165, 1.54) is 6.07 Å². The molecule has 0 fully saturated rings. The molecule has 3 aromatic carbocycles. The van der Waals surface area contributed by atoms with Crippen LogP contribution in [0.15, 0.2) is 79.1 Å². The number of hydrogen-bond donors (Lipinski definition) is 3. The number of amides is 1. The standard InChI is InChI=1S/C32H26FN5O3/c1-40-14-5-15-41-27-17-26-25(16-24(27)33)36-31(37-26)23-9-4-8-22-28(23)18-6-2-3-7-19(18)29(22)38-32(39)21-11-13-35-30-20(21)10-12-34-30/h2-4,6-13,16-17,29H,5,14-15H2,1H3,(H,34,35)(H,36,37)(H,38,39). The van der Waals surface area contributed by atoms with Crippen LogP contribution in [-0.4, -0.2) is 46.2 Å². The molecule has 6 aromatic rings. The van der Waals surface area contributed by atoms with Crippen molar-refractivity contribution in [2.45, 2.75) is 12.5 Å². The normalized spacial score (nSPS) is 13.9. The summed E-state index contributed by atoms with van der Waals surface area (Å²) in [5, 5.41) is 4.02. The summed E-state index contributed by atoms with van der Waals surface area (Å²) in [6.07, 6.45) is 4.06. The van der Waals surface area contributed by atoms with E-state index in [4.69, 9.17) is 14.5 Å². The molecule has 1 aliphatic rings. The minimum absolute atomic E-state index is 0.158. The second kappa shape index (κ2) is 10.2. The third-order valence-corrected chi connectivity index (χ3v) is 7.47. The molecule has 3 heterocycles. The minimum Gasteiger partial charge on any atom is -0.490 e. The summed E-state index contributed by atoms with van der Waals surface area (Å²) in [6.45, 7) is 0.885. The Bertz CT molecular complexity index is 1930. The Morgan fingerprint density at radius 2 is 1.88 bits per heavy atom. The van der Waals surface area contributed by atoms with Crippen LogP contribution in [0.3, 0.4) is 0 Å². The lowest BCUT2D eigenvalue weighted by Gasteiger charge is -2.16. The molecule has 0 saturated carbocycles. The molecule has 41 heavy (non-hydrogen) atoms. The fraction of sp³-hybridized carbons (Fsp3) is 0.156. The predicted molar refractivity (Wildman–Crippen MR) is 154 cm³/mol. The van der Waals surface area contributed by atoms with E-state index in [9.17, 15) is 9.18 Å². The number of aromatic nitrogens is 4. The van der Waals surface area contributed by atoms with Gasteiger partial charge >= 0.3 is 0 Å². The molecule has 8 nitrogen and oxygen atoms in total. The zero-order valence-corrected chi connectivity index (χ0v) is 22.2. The quantitative estimate of drug-likeness (QED) is 0.198. The Hall–Kier alpha value is -5.02. The molecule has 1 amide bonds. The Kier molecular flexibility index (Phi) is 6.20. The number of nitrogens with one attached hydrogen (secondary N) is 3. The van der Waals surface area contributed by atoms with E-state index in [0.29, 0.717) is 47.7 Å². The van der Waals surface area contributed by atoms with Gasteiger partial charge in [0.2, 0.25) is 0 Å². The highest BCUT2D eigenvalue weighted by molar-refractivity contribution is 6.06. The van der Waals surface area contributed by atoms with E-state index in [-0.39, 0.29) is 17.7 Å². The Morgan fingerprint density at radius 1 is 1.02 bits per heavy atom. The van der Waals surface area contributed by atoms with Gasteiger partial charge in [-0.1, -0.05) is 42.5 Å². The molecular weight excluding hydrogens is 521 g/mol. The number of rotatable bonds is 8. The Balaban J connectivity index is 1.27. The van der Waals surface area contributed by atoms with E-state index in [2.05, 4.69) is 26.3 Å². The second-order valence-electron chi connectivity index (χ2n) is 9.94. The topological polar surface area (TPSA) is 105 Å².